The van der Waals surface area contributed by atoms with E-state index in [-0.39, 0.29) is 5.56 Å². The van der Waals surface area contributed by atoms with Crippen molar-refractivity contribution in [2.45, 2.75) is 49.9 Å². The molecule has 0 spiro atoms. The maximum Gasteiger partial charge on any atom is 0.416 e. The number of nitrogens with one attached hydrogen (secondary N) is 1. The summed E-state index contributed by atoms with van der Waals surface area (Å²) in [5.41, 5.74) is -1.08. The molecule has 0 aromatic carbocycles. The Morgan fingerprint density at radius 3 is 2.48 bits per heavy atom. The van der Waals surface area contributed by atoms with Gasteiger partial charge in [0, 0.05) is 25.1 Å². The van der Waals surface area contributed by atoms with Crippen molar-refractivity contribution >= 4 is 0 Å². The molecule has 6 heteroatoms. The first-order chi connectivity index (χ1) is 9.94. The van der Waals surface area contributed by atoms with Crippen LogP contribution in [0.2, 0.25) is 0 Å². The van der Waals surface area contributed by atoms with Crippen molar-refractivity contribution in [1.29, 1.82) is 0 Å². The molecule has 3 nitrogen and oxygen atoms in total. The van der Waals surface area contributed by atoms with Gasteiger partial charge < -0.3 is 10.1 Å². The fourth-order valence-corrected chi connectivity index (χ4v) is 3.36. The summed E-state index contributed by atoms with van der Waals surface area (Å²) in [6.07, 6.45) is 2.63. The molecule has 0 radical (unpaired) electrons. The normalized spacial score (nSPS) is 20.2. The zero-order chi connectivity index (χ0) is 15.5. The first-order valence-electron chi connectivity index (χ1n) is 7.18. The van der Waals surface area contributed by atoms with E-state index in [1.165, 1.54) is 12.4 Å². The highest BCUT2D eigenvalue weighted by molar-refractivity contribution is 5.31. The molecule has 0 bridgehead atoms. The number of rotatable bonds is 4. The second-order valence-electron chi connectivity index (χ2n) is 5.51. The van der Waals surface area contributed by atoms with Crippen molar-refractivity contribution in [3.8, 4) is 0 Å². The Kier molecular flexibility index (Phi) is 4.88. The summed E-state index contributed by atoms with van der Waals surface area (Å²) in [5.74, 6) is 0. The van der Waals surface area contributed by atoms with Gasteiger partial charge in [-0.25, -0.2) is 0 Å². The van der Waals surface area contributed by atoms with Gasteiger partial charge in [0.25, 0.3) is 0 Å². The highest BCUT2D eigenvalue weighted by Gasteiger charge is 2.44. The third-order valence-corrected chi connectivity index (χ3v) is 4.39. The van der Waals surface area contributed by atoms with Gasteiger partial charge in [-0.05, 0) is 26.0 Å². The SMILES string of the molecule is CNC(c1cnccc1C(F)(F)F)C1(OC)CCCCC1. The van der Waals surface area contributed by atoms with Crippen molar-refractivity contribution in [2.75, 3.05) is 14.2 Å². The predicted octanol–water partition coefficient (Wildman–Crippen LogP) is 3.71. The average molecular weight is 302 g/mol. The van der Waals surface area contributed by atoms with Gasteiger partial charge in [0.05, 0.1) is 17.2 Å². The number of likely N-dealkylation sites (N-methyl/N-ethyl adjacent to an activating group) is 1. The maximum absolute atomic E-state index is 13.2. The Morgan fingerprint density at radius 1 is 1.29 bits per heavy atom. The molecule has 1 aliphatic rings. The van der Waals surface area contributed by atoms with E-state index in [0.717, 1.165) is 38.2 Å². The number of aromatic nitrogens is 1. The standard InChI is InChI=1S/C15H21F3N2O/c1-19-13(14(21-2)7-4-3-5-8-14)11-10-20-9-6-12(11)15(16,17)18/h6,9-10,13,19H,3-5,7-8H2,1-2H3. The number of pyridine rings is 1. The average Bonchev–Trinajstić information content (AvgIpc) is 2.48. The van der Waals surface area contributed by atoms with Crippen molar-refractivity contribution < 1.29 is 17.9 Å². The molecule has 1 heterocycles. The van der Waals surface area contributed by atoms with Gasteiger partial charge in [-0.15, -0.1) is 0 Å². The van der Waals surface area contributed by atoms with E-state index >= 15 is 0 Å². The van der Waals surface area contributed by atoms with Gasteiger partial charge in [-0.1, -0.05) is 19.3 Å². The first kappa shape index (κ1) is 16.2. The predicted molar refractivity (Wildman–Crippen MR) is 73.9 cm³/mol. The van der Waals surface area contributed by atoms with Crippen LogP contribution in [0.1, 0.15) is 49.3 Å². The number of hydrogen-bond acceptors (Lipinski definition) is 3. The van der Waals surface area contributed by atoms with Crippen LogP contribution < -0.4 is 5.32 Å². The van der Waals surface area contributed by atoms with Gasteiger partial charge in [-0.3, -0.25) is 4.98 Å². The summed E-state index contributed by atoms with van der Waals surface area (Å²) in [6.45, 7) is 0. The summed E-state index contributed by atoms with van der Waals surface area (Å²) < 4.78 is 45.4. The monoisotopic (exact) mass is 302 g/mol. The summed E-state index contributed by atoms with van der Waals surface area (Å²) in [7, 11) is 3.26. The lowest BCUT2D eigenvalue weighted by Gasteiger charge is -2.43. The van der Waals surface area contributed by atoms with Gasteiger partial charge in [-0.2, -0.15) is 13.2 Å². The lowest BCUT2D eigenvalue weighted by molar-refractivity contribution is -0.140. The maximum atomic E-state index is 13.2. The molecule has 0 amide bonds. The van der Waals surface area contributed by atoms with Gasteiger partial charge >= 0.3 is 6.18 Å². The van der Waals surface area contributed by atoms with E-state index < -0.39 is 23.4 Å². The third kappa shape index (κ3) is 3.21. The molecule has 1 aromatic heterocycles. The van der Waals surface area contributed by atoms with E-state index in [4.69, 9.17) is 4.74 Å². The summed E-state index contributed by atoms with van der Waals surface area (Å²) >= 11 is 0. The molecule has 118 valence electrons. The Bertz CT molecular complexity index is 470. The molecule has 1 unspecified atom stereocenters. The Balaban J connectivity index is 2.46. The second-order valence-corrected chi connectivity index (χ2v) is 5.51. The van der Waals surface area contributed by atoms with Crippen molar-refractivity contribution in [1.82, 2.24) is 10.3 Å². The van der Waals surface area contributed by atoms with E-state index in [9.17, 15) is 13.2 Å². The van der Waals surface area contributed by atoms with Crippen molar-refractivity contribution in [3.05, 3.63) is 29.6 Å². The number of hydrogen-bond donors (Lipinski definition) is 1. The molecule has 21 heavy (non-hydrogen) atoms. The van der Waals surface area contributed by atoms with Crippen LogP contribution in [0.25, 0.3) is 0 Å². The molecule has 1 aromatic rings. The molecule has 1 aliphatic carbocycles. The molecule has 1 fully saturated rings. The van der Waals surface area contributed by atoms with E-state index in [2.05, 4.69) is 10.3 Å². The zero-order valence-corrected chi connectivity index (χ0v) is 12.3. The smallest absolute Gasteiger partial charge is 0.376 e. The van der Waals surface area contributed by atoms with Crippen LogP contribution in [0.15, 0.2) is 18.5 Å². The molecule has 1 atom stereocenters. The molecular weight excluding hydrogens is 281 g/mol. The fraction of sp³-hybridized carbons (Fsp3) is 0.667. The molecule has 2 rings (SSSR count). The minimum Gasteiger partial charge on any atom is -0.376 e. The van der Waals surface area contributed by atoms with Crippen molar-refractivity contribution in [2.24, 2.45) is 0 Å². The minimum atomic E-state index is -4.39. The Labute approximate surface area is 122 Å². The Morgan fingerprint density at radius 2 is 1.95 bits per heavy atom. The highest BCUT2D eigenvalue weighted by Crippen LogP contribution is 2.44. The van der Waals surface area contributed by atoms with Crippen LogP contribution in [-0.4, -0.2) is 24.7 Å². The van der Waals surface area contributed by atoms with Crippen LogP contribution in [0.4, 0.5) is 13.2 Å². The quantitative estimate of drug-likeness (QED) is 0.920. The summed E-state index contributed by atoms with van der Waals surface area (Å²) in [5, 5.41) is 3.03. The molecule has 1 N–H and O–H groups in total. The van der Waals surface area contributed by atoms with E-state index in [1.807, 2.05) is 0 Å². The first-order valence-corrected chi connectivity index (χ1v) is 7.18. The van der Waals surface area contributed by atoms with Crippen LogP contribution >= 0.6 is 0 Å². The van der Waals surface area contributed by atoms with Crippen LogP contribution in [0, 0.1) is 0 Å². The number of halogens is 3. The molecular formula is C15H21F3N2O. The molecule has 0 aliphatic heterocycles. The van der Waals surface area contributed by atoms with Gasteiger partial charge in [0.2, 0.25) is 0 Å². The Hall–Kier alpha value is -1.14. The van der Waals surface area contributed by atoms with E-state index in [0.29, 0.717) is 0 Å². The topological polar surface area (TPSA) is 34.2 Å². The lowest BCUT2D eigenvalue weighted by Crippen LogP contribution is -2.46. The summed E-state index contributed by atoms with van der Waals surface area (Å²) in [4.78, 5) is 3.89. The number of nitrogens with zero attached hydrogens (tertiary/aromatic N) is 1. The molecule has 0 saturated heterocycles. The van der Waals surface area contributed by atoms with Crippen LogP contribution in [0.5, 0.6) is 0 Å². The van der Waals surface area contributed by atoms with E-state index in [1.54, 1.807) is 14.2 Å². The fourth-order valence-electron chi connectivity index (χ4n) is 3.36. The van der Waals surface area contributed by atoms with Crippen molar-refractivity contribution in [3.63, 3.8) is 0 Å². The minimum absolute atomic E-state index is 0.163. The number of ether oxygens (including phenoxy) is 1. The zero-order valence-electron chi connectivity index (χ0n) is 12.3. The van der Waals surface area contributed by atoms with Gasteiger partial charge in [0.1, 0.15) is 0 Å². The highest BCUT2D eigenvalue weighted by atomic mass is 19.4. The number of methoxy groups -OCH3 is 1. The lowest BCUT2D eigenvalue weighted by atomic mass is 9.76. The molecule has 1 saturated carbocycles. The number of alkyl halides is 3. The van der Waals surface area contributed by atoms with Crippen LogP contribution in [0.3, 0.4) is 0 Å². The largest absolute Gasteiger partial charge is 0.416 e. The van der Waals surface area contributed by atoms with Crippen LogP contribution in [-0.2, 0) is 10.9 Å². The second kappa shape index (κ2) is 6.32. The van der Waals surface area contributed by atoms with Gasteiger partial charge in [0.15, 0.2) is 0 Å². The summed E-state index contributed by atoms with van der Waals surface area (Å²) in [6, 6.07) is 0.513. The third-order valence-electron chi connectivity index (χ3n) is 4.39.